The van der Waals surface area contributed by atoms with Crippen LogP contribution in [-0.2, 0) is 10.0 Å². The van der Waals surface area contributed by atoms with Crippen molar-refractivity contribution in [2.24, 2.45) is 5.10 Å². The zero-order chi connectivity index (χ0) is 16.7. The summed E-state index contributed by atoms with van der Waals surface area (Å²) in [5.41, 5.74) is 1.74. The predicted molar refractivity (Wildman–Crippen MR) is 91.2 cm³/mol. The highest BCUT2D eigenvalue weighted by Crippen LogP contribution is 2.12. The summed E-state index contributed by atoms with van der Waals surface area (Å²) in [7, 11) is -3.65. The molecule has 120 valence electrons. The lowest BCUT2D eigenvalue weighted by molar-refractivity contribution is 0.363. The summed E-state index contributed by atoms with van der Waals surface area (Å²) >= 11 is 0. The molecule has 0 atom stereocenters. The van der Waals surface area contributed by atoms with Crippen molar-refractivity contribution >= 4 is 16.2 Å². The Balaban J connectivity index is 2.00. The fraction of sp³-hybridized carbons (Fsp3) is 0.118. The Kier molecular flexibility index (Phi) is 5.54. The Morgan fingerprint density at radius 1 is 1.13 bits per heavy atom. The number of sulfonamides is 1. The molecule has 0 saturated carbocycles. The van der Waals surface area contributed by atoms with Gasteiger partial charge in [0.05, 0.1) is 11.1 Å². The van der Waals surface area contributed by atoms with Gasteiger partial charge in [0.25, 0.3) is 10.0 Å². The van der Waals surface area contributed by atoms with Gasteiger partial charge in [-0.25, -0.2) is 4.83 Å². The number of hydrogen-bond donors (Lipinski definition) is 1. The molecule has 2 aromatic carbocycles. The molecule has 0 aliphatic heterocycles. The highest BCUT2D eigenvalue weighted by molar-refractivity contribution is 7.89. The van der Waals surface area contributed by atoms with E-state index in [0.717, 1.165) is 11.1 Å². The fourth-order valence-electron chi connectivity index (χ4n) is 1.75. The maximum absolute atomic E-state index is 12.1. The normalized spacial score (nSPS) is 11.3. The molecule has 6 heteroatoms. The van der Waals surface area contributed by atoms with Crippen molar-refractivity contribution in [2.45, 2.75) is 11.8 Å². The summed E-state index contributed by atoms with van der Waals surface area (Å²) in [6, 6.07) is 13.7. The molecule has 0 aromatic heterocycles. The van der Waals surface area contributed by atoms with Crippen molar-refractivity contribution in [3.8, 4) is 5.75 Å². The predicted octanol–water partition coefficient (Wildman–Crippen LogP) is 2.87. The smallest absolute Gasteiger partial charge is 0.276 e. The first-order valence-corrected chi connectivity index (χ1v) is 8.45. The summed E-state index contributed by atoms with van der Waals surface area (Å²) in [6.45, 7) is 5.90. The molecule has 0 aliphatic carbocycles. The van der Waals surface area contributed by atoms with E-state index < -0.39 is 10.0 Å². The van der Waals surface area contributed by atoms with Crippen LogP contribution in [0, 0.1) is 6.92 Å². The Morgan fingerprint density at radius 2 is 1.78 bits per heavy atom. The molecular formula is C17H18N2O3S. The SMILES string of the molecule is C=CCOc1ccc(/C=N\NS(=O)(=O)c2ccc(C)cc2)cc1. The highest BCUT2D eigenvalue weighted by Gasteiger charge is 2.11. The first-order chi connectivity index (χ1) is 11.0. The number of hydrazone groups is 1. The van der Waals surface area contributed by atoms with Gasteiger partial charge in [0.15, 0.2) is 0 Å². The van der Waals surface area contributed by atoms with E-state index >= 15 is 0 Å². The van der Waals surface area contributed by atoms with Gasteiger partial charge in [-0.3, -0.25) is 0 Å². The number of hydrogen-bond acceptors (Lipinski definition) is 4. The van der Waals surface area contributed by atoms with Crippen LogP contribution < -0.4 is 9.57 Å². The minimum atomic E-state index is -3.65. The standard InChI is InChI=1S/C17H18N2O3S/c1-3-12-22-16-8-6-15(7-9-16)13-18-19-23(20,21)17-10-4-14(2)5-11-17/h3-11,13,19H,1,12H2,2H3/b18-13-. The van der Waals surface area contributed by atoms with Crippen LogP contribution in [-0.4, -0.2) is 21.2 Å². The lowest BCUT2D eigenvalue weighted by atomic mass is 10.2. The third-order valence-corrected chi connectivity index (χ3v) is 4.20. The molecule has 2 aromatic rings. The molecule has 23 heavy (non-hydrogen) atoms. The topological polar surface area (TPSA) is 67.8 Å². The van der Waals surface area contributed by atoms with Crippen LogP contribution in [0.1, 0.15) is 11.1 Å². The van der Waals surface area contributed by atoms with Crippen molar-refractivity contribution in [1.29, 1.82) is 0 Å². The van der Waals surface area contributed by atoms with Crippen molar-refractivity contribution in [1.82, 2.24) is 4.83 Å². The summed E-state index contributed by atoms with van der Waals surface area (Å²) in [4.78, 5) is 2.36. The molecule has 0 amide bonds. The fourth-order valence-corrected chi connectivity index (χ4v) is 2.54. The minimum absolute atomic E-state index is 0.174. The first-order valence-electron chi connectivity index (χ1n) is 6.96. The molecule has 0 aliphatic rings. The van der Waals surface area contributed by atoms with Gasteiger partial charge in [-0.15, -0.1) is 0 Å². The third-order valence-electron chi connectivity index (χ3n) is 2.97. The van der Waals surface area contributed by atoms with Gasteiger partial charge in [0, 0.05) is 0 Å². The van der Waals surface area contributed by atoms with Crippen LogP contribution in [0.3, 0.4) is 0 Å². The van der Waals surface area contributed by atoms with E-state index in [4.69, 9.17) is 4.74 Å². The Morgan fingerprint density at radius 3 is 2.39 bits per heavy atom. The molecule has 0 bridgehead atoms. The van der Waals surface area contributed by atoms with E-state index in [-0.39, 0.29) is 4.90 Å². The van der Waals surface area contributed by atoms with E-state index in [0.29, 0.717) is 12.4 Å². The summed E-state index contributed by atoms with van der Waals surface area (Å²) in [5.74, 6) is 0.710. The van der Waals surface area contributed by atoms with Crippen LogP contribution in [0.25, 0.3) is 0 Å². The number of nitrogens with zero attached hydrogens (tertiary/aromatic N) is 1. The quantitative estimate of drug-likeness (QED) is 0.482. The van der Waals surface area contributed by atoms with Gasteiger partial charge in [-0.1, -0.05) is 30.4 Å². The van der Waals surface area contributed by atoms with Crippen molar-refractivity contribution in [3.63, 3.8) is 0 Å². The second-order valence-corrected chi connectivity index (χ2v) is 6.50. The maximum atomic E-state index is 12.1. The molecule has 1 N–H and O–H groups in total. The number of aryl methyl sites for hydroxylation is 1. The molecule has 0 saturated heterocycles. The monoisotopic (exact) mass is 330 g/mol. The summed E-state index contributed by atoms with van der Waals surface area (Å²) in [6.07, 6.45) is 3.10. The number of rotatable bonds is 7. The number of nitrogens with one attached hydrogen (secondary N) is 1. The number of benzene rings is 2. The minimum Gasteiger partial charge on any atom is -0.490 e. The molecule has 0 radical (unpaired) electrons. The summed E-state index contributed by atoms with van der Waals surface area (Å²) in [5, 5.41) is 3.78. The molecule has 0 unspecified atom stereocenters. The Hall–Kier alpha value is -2.60. The second-order valence-electron chi connectivity index (χ2n) is 4.83. The van der Waals surface area contributed by atoms with E-state index in [2.05, 4.69) is 16.5 Å². The molecule has 5 nitrogen and oxygen atoms in total. The van der Waals surface area contributed by atoms with Gasteiger partial charge >= 0.3 is 0 Å². The molecule has 0 heterocycles. The summed E-state index contributed by atoms with van der Waals surface area (Å²) < 4.78 is 29.5. The second kappa shape index (κ2) is 7.60. The zero-order valence-electron chi connectivity index (χ0n) is 12.8. The number of ether oxygens (including phenoxy) is 1. The van der Waals surface area contributed by atoms with Gasteiger partial charge in [-0.2, -0.15) is 13.5 Å². The van der Waals surface area contributed by atoms with Crippen molar-refractivity contribution in [2.75, 3.05) is 6.61 Å². The lowest BCUT2D eigenvalue weighted by Gasteiger charge is -2.04. The molecule has 2 rings (SSSR count). The zero-order valence-corrected chi connectivity index (χ0v) is 13.6. The van der Waals surface area contributed by atoms with E-state index in [9.17, 15) is 8.42 Å². The van der Waals surface area contributed by atoms with Crippen molar-refractivity contribution < 1.29 is 13.2 Å². The molecule has 0 fully saturated rings. The Labute approximate surface area is 136 Å². The molecular weight excluding hydrogens is 312 g/mol. The largest absolute Gasteiger partial charge is 0.490 e. The van der Waals surface area contributed by atoms with Gasteiger partial charge in [0.2, 0.25) is 0 Å². The van der Waals surface area contributed by atoms with E-state index in [1.165, 1.54) is 6.21 Å². The van der Waals surface area contributed by atoms with Crippen molar-refractivity contribution in [3.05, 3.63) is 72.3 Å². The molecule has 0 spiro atoms. The van der Waals surface area contributed by atoms with Gasteiger partial charge in [0.1, 0.15) is 12.4 Å². The van der Waals surface area contributed by atoms with Crippen LogP contribution >= 0.6 is 0 Å². The third kappa shape index (κ3) is 4.96. The Bertz CT molecular complexity index is 780. The van der Waals surface area contributed by atoms with Gasteiger partial charge in [-0.05, 0) is 48.9 Å². The first kappa shape index (κ1) is 16.8. The van der Waals surface area contributed by atoms with Crippen LogP contribution in [0.15, 0.2) is 71.2 Å². The highest BCUT2D eigenvalue weighted by atomic mass is 32.2. The lowest BCUT2D eigenvalue weighted by Crippen LogP contribution is -2.18. The van der Waals surface area contributed by atoms with Crippen LogP contribution in [0.2, 0.25) is 0 Å². The van der Waals surface area contributed by atoms with E-state index in [1.807, 2.05) is 6.92 Å². The average molecular weight is 330 g/mol. The van der Waals surface area contributed by atoms with Crippen LogP contribution in [0.5, 0.6) is 5.75 Å². The van der Waals surface area contributed by atoms with Crippen LogP contribution in [0.4, 0.5) is 0 Å². The maximum Gasteiger partial charge on any atom is 0.276 e. The van der Waals surface area contributed by atoms with E-state index in [1.54, 1.807) is 54.6 Å². The van der Waals surface area contributed by atoms with Gasteiger partial charge < -0.3 is 4.74 Å². The average Bonchev–Trinajstić information content (AvgIpc) is 2.54.